The Balaban J connectivity index is 3.04. The van der Waals surface area contributed by atoms with Crippen molar-refractivity contribution in [3.05, 3.63) is 20.9 Å². The van der Waals surface area contributed by atoms with Crippen LogP contribution in [0.5, 0.6) is 0 Å². The molecule has 0 atom stereocenters. The van der Waals surface area contributed by atoms with Crippen molar-refractivity contribution in [1.82, 2.24) is 14.8 Å². The molecule has 0 saturated heterocycles. The van der Waals surface area contributed by atoms with Gasteiger partial charge < -0.3 is 0 Å². The van der Waals surface area contributed by atoms with Crippen LogP contribution in [0, 0.1) is 13.8 Å². The minimum absolute atomic E-state index is 0.0579. The Bertz CT molecular complexity index is 526. The molecule has 0 aliphatic rings. The molecule has 0 unspecified atom stereocenters. The molecule has 5 heteroatoms. The highest BCUT2D eigenvalue weighted by Crippen LogP contribution is 2.16. The van der Waals surface area contributed by atoms with Crippen LogP contribution in [0.1, 0.15) is 10.7 Å². The lowest BCUT2D eigenvalue weighted by Gasteiger charge is -1.98. The molecular formula is C8H9N3OS. The van der Waals surface area contributed by atoms with Gasteiger partial charge in [0, 0.05) is 7.05 Å². The van der Waals surface area contributed by atoms with Crippen LogP contribution in [0.3, 0.4) is 0 Å². The lowest BCUT2D eigenvalue weighted by molar-refractivity contribution is 0.759. The van der Waals surface area contributed by atoms with Crippen LogP contribution in [0.4, 0.5) is 0 Å². The second kappa shape index (κ2) is 2.63. The lowest BCUT2D eigenvalue weighted by atomic mass is 10.4. The van der Waals surface area contributed by atoms with Gasteiger partial charge in [0.1, 0.15) is 16.0 Å². The maximum atomic E-state index is 11.6. The van der Waals surface area contributed by atoms with Crippen molar-refractivity contribution in [3.63, 3.8) is 0 Å². The smallest absolute Gasteiger partial charge is 0.230 e. The number of fused-ring (bicyclic) bond motifs is 1. The van der Waals surface area contributed by atoms with E-state index in [2.05, 4.69) is 10.1 Å². The molecule has 0 radical (unpaired) electrons. The van der Waals surface area contributed by atoms with Crippen LogP contribution >= 0.6 is 11.3 Å². The fourth-order valence-electron chi connectivity index (χ4n) is 1.27. The molecular weight excluding hydrogens is 186 g/mol. The standard InChI is InChI=1S/C8H9N3OS/c1-4-7(12)6-8(11(3)10-4)13-5(2)9-6/h1-3H3. The molecule has 0 saturated carbocycles. The highest BCUT2D eigenvalue weighted by Gasteiger charge is 2.09. The Morgan fingerprint density at radius 1 is 1.38 bits per heavy atom. The number of hydrogen-bond donors (Lipinski definition) is 0. The van der Waals surface area contributed by atoms with E-state index in [1.165, 1.54) is 11.3 Å². The van der Waals surface area contributed by atoms with E-state index in [1.54, 1.807) is 11.6 Å². The zero-order valence-corrected chi connectivity index (χ0v) is 8.47. The third kappa shape index (κ3) is 1.16. The zero-order chi connectivity index (χ0) is 9.59. The maximum absolute atomic E-state index is 11.6. The summed E-state index contributed by atoms with van der Waals surface area (Å²) < 4.78 is 1.71. The van der Waals surface area contributed by atoms with Crippen LogP contribution in [-0.4, -0.2) is 14.8 Å². The Hall–Kier alpha value is -1.23. The van der Waals surface area contributed by atoms with Crippen molar-refractivity contribution in [1.29, 1.82) is 0 Å². The lowest BCUT2D eigenvalue weighted by Crippen LogP contribution is -2.13. The predicted octanol–water partition coefficient (Wildman–Crippen LogP) is 1.01. The third-order valence-electron chi connectivity index (χ3n) is 1.85. The van der Waals surface area contributed by atoms with Crippen LogP contribution in [-0.2, 0) is 7.05 Å². The zero-order valence-electron chi connectivity index (χ0n) is 7.66. The molecule has 2 rings (SSSR count). The van der Waals surface area contributed by atoms with Gasteiger partial charge in [-0.15, -0.1) is 0 Å². The quantitative estimate of drug-likeness (QED) is 0.630. The third-order valence-corrected chi connectivity index (χ3v) is 2.89. The van der Waals surface area contributed by atoms with Crippen LogP contribution in [0.15, 0.2) is 4.79 Å². The van der Waals surface area contributed by atoms with Crippen LogP contribution in [0.2, 0.25) is 0 Å². The Morgan fingerprint density at radius 2 is 2.08 bits per heavy atom. The summed E-state index contributed by atoms with van der Waals surface area (Å²) >= 11 is 1.49. The highest BCUT2D eigenvalue weighted by atomic mass is 32.1. The predicted molar refractivity (Wildman–Crippen MR) is 52.1 cm³/mol. The van der Waals surface area contributed by atoms with Gasteiger partial charge in [0.05, 0.1) is 5.01 Å². The van der Waals surface area contributed by atoms with Crippen molar-refractivity contribution >= 4 is 21.7 Å². The molecule has 0 aliphatic heterocycles. The average Bonchev–Trinajstić information content (AvgIpc) is 2.44. The monoisotopic (exact) mass is 195 g/mol. The van der Waals surface area contributed by atoms with E-state index in [4.69, 9.17) is 0 Å². The summed E-state index contributed by atoms with van der Waals surface area (Å²) in [6, 6.07) is 0. The number of hydrogen-bond acceptors (Lipinski definition) is 4. The molecule has 0 aromatic carbocycles. The van der Waals surface area contributed by atoms with Crippen LogP contribution in [0.25, 0.3) is 10.3 Å². The summed E-state index contributed by atoms with van der Waals surface area (Å²) in [4.78, 5) is 16.6. The molecule has 68 valence electrons. The van der Waals surface area contributed by atoms with Gasteiger partial charge in [-0.25, -0.2) is 4.98 Å². The number of aromatic nitrogens is 3. The largest absolute Gasteiger partial charge is 0.285 e. The average molecular weight is 195 g/mol. The molecule has 0 aliphatic carbocycles. The van der Waals surface area contributed by atoms with E-state index >= 15 is 0 Å². The second-order valence-corrected chi connectivity index (χ2v) is 4.11. The first-order valence-electron chi connectivity index (χ1n) is 3.90. The minimum atomic E-state index is -0.0579. The Labute approximate surface area is 78.8 Å². The van der Waals surface area contributed by atoms with Gasteiger partial charge in [-0.05, 0) is 13.8 Å². The topological polar surface area (TPSA) is 47.8 Å². The van der Waals surface area contributed by atoms with Crippen molar-refractivity contribution in [2.45, 2.75) is 13.8 Å². The number of thiazole rings is 1. The SMILES string of the molecule is Cc1nc2c(=O)c(C)nn(C)c2s1. The number of nitrogens with zero attached hydrogens (tertiary/aromatic N) is 3. The summed E-state index contributed by atoms with van der Waals surface area (Å²) in [6.45, 7) is 3.59. The Kier molecular flexibility index (Phi) is 1.69. The van der Waals surface area contributed by atoms with Crippen molar-refractivity contribution in [2.24, 2.45) is 7.05 Å². The second-order valence-electron chi connectivity index (χ2n) is 2.92. The first-order valence-corrected chi connectivity index (χ1v) is 4.72. The summed E-state index contributed by atoms with van der Waals surface area (Å²) in [5, 5.41) is 4.99. The van der Waals surface area contributed by atoms with Gasteiger partial charge in [-0.2, -0.15) is 5.10 Å². The van der Waals surface area contributed by atoms with E-state index in [0.717, 1.165) is 9.84 Å². The molecule has 4 nitrogen and oxygen atoms in total. The van der Waals surface area contributed by atoms with Gasteiger partial charge in [0.15, 0.2) is 0 Å². The molecule has 0 fully saturated rings. The summed E-state index contributed by atoms with van der Waals surface area (Å²) in [5.41, 5.74) is 0.982. The van der Waals surface area contributed by atoms with Crippen molar-refractivity contribution < 1.29 is 0 Å². The molecule has 0 N–H and O–H groups in total. The fourth-order valence-corrected chi connectivity index (χ4v) is 2.10. The summed E-state index contributed by atoms with van der Waals surface area (Å²) in [5.74, 6) is 0. The molecule has 0 bridgehead atoms. The van der Waals surface area contributed by atoms with Gasteiger partial charge in [0.25, 0.3) is 0 Å². The molecule has 2 aromatic rings. The molecule has 2 aromatic heterocycles. The van der Waals surface area contributed by atoms with E-state index < -0.39 is 0 Å². The van der Waals surface area contributed by atoms with E-state index in [0.29, 0.717) is 11.2 Å². The molecule has 0 amide bonds. The maximum Gasteiger partial charge on any atom is 0.230 e. The Morgan fingerprint density at radius 3 is 2.77 bits per heavy atom. The van der Waals surface area contributed by atoms with Crippen molar-refractivity contribution in [3.8, 4) is 0 Å². The van der Waals surface area contributed by atoms with Gasteiger partial charge >= 0.3 is 0 Å². The number of rotatable bonds is 0. The minimum Gasteiger partial charge on any atom is -0.285 e. The van der Waals surface area contributed by atoms with Gasteiger partial charge in [0.2, 0.25) is 5.43 Å². The van der Waals surface area contributed by atoms with Gasteiger partial charge in [-0.3, -0.25) is 9.48 Å². The molecule has 2 heterocycles. The molecule has 0 spiro atoms. The van der Waals surface area contributed by atoms with E-state index in [-0.39, 0.29) is 5.43 Å². The number of aryl methyl sites for hydroxylation is 3. The normalized spacial score (nSPS) is 11.0. The first kappa shape index (κ1) is 8.37. The summed E-state index contributed by atoms with van der Waals surface area (Å²) in [6.07, 6.45) is 0. The fraction of sp³-hybridized carbons (Fsp3) is 0.375. The van der Waals surface area contributed by atoms with Gasteiger partial charge in [-0.1, -0.05) is 11.3 Å². The highest BCUT2D eigenvalue weighted by molar-refractivity contribution is 7.18. The van der Waals surface area contributed by atoms with Crippen LogP contribution < -0.4 is 5.43 Å². The molecule has 13 heavy (non-hydrogen) atoms. The summed E-state index contributed by atoms with van der Waals surface area (Å²) in [7, 11) is 1.83. The first-order chi connectivity index (χ1) is 6.09. The van der Waals surface area contributed by atoms with E-state index in [1.807, 2.05) is 14.0 Å². The van der Waals surface area contributed by atoms with E-state index in [9.17, 15) is 4.79 Å². The van der Waals surface area contributed by atoms with Crippen molar-refractivity contribution in [2.75, 3.05) is 0 Å².